The van der Waals surface area contributed by atoms with Crippen LogP contribution in [0.4, 0.5) is 16.2 Å². The van der Waals surface area contributed by atoms with E-state index in [0.29, 0.717) is 24.4 Å². The number of hydrogen-bond donors (Lipinski definition) is 1. The molecule has 2 aromatic carbocycles. The molecule has 1 heterocycles. The molecule has 2 aromatic rings. The SMILES string of the molecule is O=C(Nc1ccccc1)N1CCOC1c1cccc([N+](=O)[O-])c1. The van der Waals surface area contributed by atoms with Crippen LogP contribution in [-0.4, -0.2) is 29.0 Å². The summed E-state index contributed by atoms with van der Waals surface area (Å²) in [6.07, 6.45) is -0.626. The lowest BCUT2D eigenvalue weighted by Crippen LogP contribution is -2.34. The maximum atomic E-state index is 12.4. The van der Waals surface area contributed by atoms with Crippen LogP contribution in [0.1, 0.15) is 11.8 Å². The van der Waals surface area contributed by atoms with Gasteiger partial charge in [-0.2, -0.15) is 0 Å². The topological polar surface area (TPSA) is 84.7 Å². The highest BCUT2D eigenvalue weighted by molar-refractivity contribution is 5.89. The zero-order chi connectivity index (χ0) is 16.2. The Balaban J connectivity index is 1.78. The molecule has 0 spiro atoms. The van der Waals surface area contributed by atoms with Crippen LogP contribution in [0.3, 0.4) is 0 Å². The molecule has 3 rings (SSSR count). The normalized spacial score (nSPS) is 17.0. The first-order valence-electron chi connectivity index (χ1n) is 7.14. The summed E-state index contributed by atoms with van der Waals surface area (Å²) in [7, 11) is 0. The molecule has 0 aromatic heterocycles. The zero-order valence-corrected chi connectivity index (χ0v) is 12.2. The van der Waals surface area contributed by atoms with Crippen molar-refractivity contribution in [3.8, 4) is 0 Å². The number of amides is 2. The molecular formula is C16H15N3O4. The Bertz CT molecular complexity index is 720. The number of nitrogens with one attached hydrogen (secondary N) is 1. The van der Waals surface area contributed by atoms with Gasteiger partial charge in [-0.05, 0) is 12.1 Å². The molecular weight excluding hydrogens is 298 g/mol. The Morgan fingerprint density at radius 2 is 2.00 bits per heavy atom. The molecule has 2 amide bonds. The van der Waals surface area contributed by atoms with E-state index in [2.05, 4.69) is 5.32 Å². The molecule has 1 aliphatic heterocycles. The van der Waals surface area contributed by atoms with Crippen molar-refractivity contribution in [1.82, 2.24) is 4.90 Å². The zero-order valence-electron chi connectivity index (χ0n) is 12.2. The lowest BCUT2D eigenvalue weighted by Gasteiger charge is -2.23. The first-order valence-corrected chi connectivity index (χ1v) is 7.14. The van der Waals surface area contributed by atoms with Crippen molar-refractivity contribution in [2.24, 2.45) is 0 Å². The number of nitro benzene ring substituents is 1. The Labute approximate surface area is 132 Å². The van der Waals surface area contributed by atoms with Crippen molar-refractivity contribution in [3.63, 3.8) is 0 Å². The number of urea groups is 1. The van der Waals surface area contributed by atoms with Gasteiger partial charge in [-0.25, -0.2) is 4.79 Å². The smallest absolute Gasteiger partial charge is 0.324 e. The molecule has 23 heavy (non-hydrogen) atoms. The summed E-state index contributed by atoms with van der Waals surface area (Å²) >= 11 is 0. The van der Waals surface area contributed by atoms with Gasteiger partial charge in [0.1, 0.15) is 0 Å². The van der Waals surface area contributed by atoms with Gasteiger partial charge in [0, 0.05) is 29.9 Å². The summed E-state index contributed by atoms with van der Waals surface area (Å²) in [5.74, 6) is 0. The number of anilines is 1. The van der Waals surface area contributed by atoms with Gasteiger partial charge in [-0.3, -0.25) is 15.0 Å². The van der Waals surface area contributed by atoms with Crippen LogP contribution in [0, 0.1) is 10.1 Å². The number of nitro groups is 1. The fourth-order valence-corrected chi connectivity index (χ4v) is 2.46. The predicted octanol–water partition coefficient (Wildman–Crippen LogP) is 3.16. The van der Waals surface area contributed by atoms with Crippen molar-refractivity contribution >= 4 is 17.4 Å². The molecule has 118 valence electrons. The molecule has 0 bridgehead atoms. The largest absolute Gasteiger partial charge is 0.352 e. The van der Waals surface area contributed by atoms with Gasteiger partial charge >= 0.3 is 6.03 Å². The fraction of sp³-hybridized carbons (Fsp3) is 0.188. The van der Waals surface area contributed by atoms with Gasteiger partial charge in [0.15, 0.2) is 6.23 Å². The van der Waals surface area contributed by atoms with Crippen molar-refractivity contribution in [2.75, 3.05) is 18.5 Å². The second-order valence-corrected chi connectivity index (χ2v) is 5.06. The average molecular weight is 313 g/mol. The molecule has 0 radical (unpaired) electrons. The summed E-state index contributed by atoms with van der Waals surface area (Å²) in [5, 5.41) is 13.7. The van der Waals surface area contributed by atoms with E-state index in [0.717, 1.165) is 0 Å². The standard InChI is InChI=1S/C16H15N3O4/c20-16(17-13-6-2-1-3-7-13)18-9-10-23-15(18)12-5-4-8-14(11-12)19(21)22/h1-8,11,15H,9-10H2,(H,17,20). The maximum Gasteiger partial charge on any atom is 0.324 e. The minimum atomic E-state index is -0.626. The number of carbonyl (C=O) groups excluding carboxylic acids is 1. The average Bonchev–Trinajstić information content (AvgIpc) is 3.05. The minimum absolute atomic E-state index is 0.0265. The number of rotatable bonds is 3. The number of carbonyl (C=O) groups is 1. The fourth-order valence-electron chi connectivity index (χ4n) is 2.46. The minimum Gasteiger partial charge on any atom is -0.352 e. The Morgan fingerprint density at radius 3 is 2.74 bits per heavy atom. The van der Waals surface area contributed by atoms with Crippen LogP contribution in [0.25, 0.3) is 0 Å². The quantitative estimate of drug-likeness (QED) is 0.696. The first kappa shape index (κ1) is 15.0. The van der Waals surface area contributed by atoms with Crippen LogP contribution in [0.2, 0.25) is 0 Å². The Kier molecular flexibility index (Phi) is 4.20. The number of para-hydroxylation sites is 1. The van der Waals surface area contributed by atoms with Gasteiger partial charge in [0.05, 0.1) is 11.5 Å². The van der Waals surface area contributed by atoms with E-state index >= 15 is 0 Å². The second-order valence-electron chi connectivity index (χ2n) is 5.06. The van der Waals surface area contributed by atoms with Gasteiger partial charge in [0.2, 0.25) is 0 Å². The van der Waals surface area contributed by atoms with Crippen molar-refractivity contribution in [1.29, 1.82) is 0 Å². The predicted molar refractivity (Wildman–Crippen MR) is 84.0 cm³/mol. The molecule has 1 aliphatic rings. The van der Waals surface area contributed by atoms with E-state index in [9.17, 15) is 14.9 Å². The summed E-state index contributed by atoms with van der Waals surface area (Å²) in [6, 6.07) is 14.9. The third-order valence-corrected chi connectivity index (χ3v) is 3.54. The van der Waals surface area contributed by atoms with Gasteiger partial charge in [-0.15, -0.1) is 0 Å². The van der Waals surface area contributed by atoms with Crippen LogP contribution in [0.5, 0.6) is 0 Å². The molecule has 7 heteroatoms. The number of benzene rings is 2. The van der Waals surface area contributed by atoms with Crippen LogP contribution in [0.15, 0.2) is 54.6 Å². The molecule has 0 aliphatic carbocycles. The van der Waals surface area contributed by atoms with Gasteiger partial charge in [-0.1, -0.05) is 30.3 Å². The van der Waals surface area contributed by atoms with E-state index in [1.165, 1.54) is 17.0 Å². The monoisotopic (exact) mass is 313 g/mol. The second kappa shape index (κ2) is 6.45. The van der Waals surface area contributed by atoms with E-state index in [-0.39, 0.29) is 11.7 Å². The molecule has 1 fully saturated rings. The van der Waals surface area contributed by atoms with E-state index in [4.69, 9.17) is 4.74 Å². The Morgan fingerprint density at radius 1 is 1.22 bits per heavy atom. The van der Waals surface area contributed by atoms with E-state index < -0.39 is 11.2 Å². The van der Waals surface area contributed by atoms with E-state index in [1.54, 1.807) is 24.3 Å². The molecule has 7 nitrogen and oxygen atoms in total. The highest BCUT2D eigenvalue weighted by Crippen LogP contribution is 2.29. The number of hydrogen-bond acceptors (Lipinski definition) is 4. The van der Waals surface area contributed by atoms with E-state index in [1.807, 2.05) is 18.2 Å². The summed E-state index contributed by atoms with van der Waals surface area (Å²) in [6.45, 7) is 0.807. The number of ether oxygens (including phenoxy) is 1. The molecule has 1 atom stereocenters. The van der Waals surface area contributed by atoms with Crippen LogP contribution < -0.4 is 5.32 Å². The maximum absolute atomic E-state index is 12.4. The third kappa shape index (κ3) is 3.29. The first-order chi connectivity index (χ1) is 11.1. The number of nitrogens with zero attached hydrogens (tertiary/aromatic N) is 2. The third-order valence-electron chi connectivity index (χ3n) is 3.54. The lowest BCUT2D eigenvalue weighted by molar-refractivity contribution is -0.385. The van der Waals surface area contributed by atoms with Gasteiger partial charge < -0.3 is 10.1 Å². The summed E-state index contributed by atoms with van der Waals surface area (Å²) < 4.78 is 5.59. The number of non-ortho nitro benzene ring substituents is 1. The molecule has 1 saturated heterocycles. The highest BCUT2D eigenvalue weighted by Gasteiger charge is 2.31. The van der Waals surface area contributed by atoms with Crippen LogP contribution in [-0.2, 0) is 4.74 Å². The van der Waals surface area contributed by atoms with Gasteiger partial charge in [0.25, 0.3) is 5.69 Å². The van der Waals surface area contributed by atoms with Crippen molar-refractivity contribution in [3.05, 3.63) is 70.3 Å². The Hall–Kier alpha value is -2.93. The van der Waals surface area contributed by atoms with Crippen LogP contribution >= 0.6 is 0 Å². The summed E-state index contributed by atoms with van der Waals surface area (Å²) in [4.78, 5) is 24.4. The molecule has 1 N–H and O–H groups in total. The molecule has 1 unspecified atom stereocenters. The highest BCUT2D eigenvalue weighted by atomic mass is 16.6. The summed E-state index contributed by atoms with van der Waals surface area (Å²) in [5.41, 5.74) is 1.24. The molecule has 0 saturated carbocycles. The van der Waals surface area contributed by atoms with Crippen molar-refractivity contribution in [2.45, 2.75) is 6.23 Å². The lowest BCUT2D eigenvalue weighted by atomic mass is 10.1. The van der Waals surface area contributed by atoms with Crippen molar-refractivity contribution < 1.29 is 14.5 Å².